The van der Waals surface area contributed by atoms with Gasteiger partial charge < -0.3 is 24.6 Å². The zero-order valence-electron chi connectivity index (χ0n) is 11.6. The molecule has 19 heavy (non-hydrogen) atoms. The fourth-order valence-electron chi connectivity index (χ4n) is 1.59. The average molecular weight is 269 g/mol. The Morgan fingerprint density at radius 2 is 2.00 bits per heavy atom. The van der Waals surface area contributed by atoms with Crippen LogP contribution in [0, 0.1) is 0 Å². The van der Waals surface area contributed by atoms with Gasteiger partial charge in [-0.3, -0.25) is 0 Å². The van der Waals surface area contributed by atoms with E-state index in [1.807, 2.05) is 18.2 Å². The Hall–Kier alpha value is -1.30. The SMILES string of the molecule is CCNCc1ccc(OCCOCCO)c(OC)c1. The Labute approximate surface area is 114 Å². The first kappa shape index (κ1) is 15.8. The first-order valence-electron chi connectivity index (χ1n) is 6.50. The van der Waals surface area contributed by atoms with Gasteiger partial charge in [-0.05, 0) is 24.2 Å². The Balaban J connectivity index is 2.48. The van der Waals surface area contributed by atoms with Crippen molar-refractivity contribution in [2.75, 3.05) is 40.1 Å². The summed E-state index contributed by atoms with van der Waals surface area (Å²) >= 11 is 0. The van der Waals surface area contributed by atoms with Crippen LogP contribution in [0.5, 0.6) is 11.5 Å². The molecular formula is C14H23NO4. The lowest BCUT2D eigenvalue weighted by Crippen LogP contribution is -2.12. The zero-order valence-corrected chi connectivity index (χ0v) is 11.6. The predicted molar refractivity (Wildman–Crippen MR) is 73.8 cm³/mol. The summed E-state index contributed by atoms with van der Waals surface area (Å²) in [7, 11) is 1.63. The van der Waals surface area contributed by atoms with Gasteiger partial charge >= 0.3 is 0 Å². The molecule has 0 heterocycles. The van der Waals surface area contributed by atoms with E-state index in [2.05, 4.69) is 12.2 Å². The first-order chi connectivity index (χ1) is 9.31. The summed E-state index contributed by atoms with van der Waals surface area (Å²) in [6.45, 7) is 5.06. The summed E-state index contributed by atoms with van der Waals surface area (Å²) < 4.78 is 16.0. The van der Waals surface area contributed by atoms with Gasteiger partial charge in [-0.25, -0.2) is 0 Å². The molecule has 0 saturated heterocycles. The van der Waals surface area contributed by atoms with Gasteiger partial charge in [0.15, 0.2) is 11.5 Å². The minimum Gasteiger partial charge on any atom is -0.493 e. The highest BCUT2D eigenvalue weighted by molar-refractivity contribution is 5.42. The minimum absolute atomic E-state index is 0.0302. The maximum Gasteiger partial charge on any atom is 0.161 e. The molecular weight excluding hydrogens is 246 g/mol. The molecule has 5 nitrogen and oxygen atoms in total. The monoisotopic (exact) mass is 269 g/mol. The molecule has 0 aliphatic rings. The van der Waals surface area contributed by atoms with Crippen molar-refractivity contribution in [1.82, 2.24) is 5.32 Å². The van der Waals surface area contributed by atoms with Gasteiger partial charge in [0.05, 0.1) is 26.9 Å². The van der Waals surface area contributed by atoms with Gasteiger partial charge in [0.25, 0.3) is 0 Å². The van der Waals surface area contributed by atoms with Crippen molar-refractivity contribution in [1.29, 1.82) is 0 Å². The summed E-state index contributed by atoms with van der Waals surface area (Å²) in [6, 6.07) is 5.87. The van der Waals surface area contributed by atoms with E-state index in [1.54, 1.807) is 7.11 Å². The maximum atomic E-state index is 8.57. The van der Waals surface area contributed by atoms with Crippen molar-refractivity contribution >= 4 is 0 Å². The predicted octanol–water partition coefficient (Wildman–Crippen LogP) is 1.19. The van der Waals surface area contributed by atoms with Gasteiger partial charge in [0.1, 0.15) is 6.61 Å². The molecule has 0 aliphatic heterocycles. The van der Waals surface area contributed by atoms with E-state index in [4.69, 9.17) is 19.3 Å². The second kappa shape index (κ2) is 9.61. The molecule has 0 spiro atoms. The summed E-state index contributed by atoms with van der Waals surface area (Å²) in [5.74, 6) is 1.42. The molecule has 0 atom stereocenters. The zero-order chi connectivity index (χ0) is 13.9. The van der Waals surface area contributed by atoms with Crippen molar-refractivity contribution in [2.24, 2.45) is 0 Å². The van der Waals surface area contributed by atoms with Crippen LogP contribution in [0.15, 0.2) is 18.2 Å². The first-order valence-corrected chi connectivity index (χ1v) is 6.50. The molecule has 0 amide bonds. The number of rotatable bonds is 10. The van der Waals surface area contributed by atoms with Gasteiger partial charge in [-0.1, -0.05) is 13.0 Å². The van der Waals surface area contributed by atoms with Gasteiger partial charge in [0.2, 0.25) is 0 Å². The molecule has 0 radical (unpaired) electrons. The molecule has 1 rings (SSSR count). The number of methoxy groups -OCH3 is 1. The van der Waals surface area contributed by atoms with E-state index in [-0.39, 0.29) is 6.61 Å². The molecule has 0 fully saturated rings. The molecule has 5 heteroatoms. The maximum absolute atomic E-state index is 8.57. The highest BCUT2D eigenvalue weighted by Gasteiger charge is 2.05. The molecule has 2 N–H and O–H groups in total. The number of aliphatic hydroxyl groups excluding tert-OH is 1. The fraction of sp³-hybridized carbons (Fsp3) is 0.571. The van der Waals surface area contributed by atoms with Gasteiger partial charge in [0, 0.05) is 6.54 Å². The number of benzene rings is 1. The largest absolute Gasteiger partial charge is 0.493 e. The van der Waals surface area contributed by atoms with Crippen LogP contribution in [0.1, 0.15) is 12.5 Å². The van der Waals surface area contributed by atoms with E-state index >= 15 is 0 Å². The third kappa shape index (κ3) is 5.92. The van der Waals surface area contributed by atoms with Gasteiger partial charge in [-0.2, -0.15) is 0 Å². The van der Waals surface area contributed by atoms with Crippen molar-refractivity contribution < 1.29 is 19.3 Å². The van der Waals surface area contributed by atoms with Crippen LogP contribution in [0.4, 0.5) is 0 Å². The standard InChI is InChI=1S/C14H23NO4/c1-3-15-11-12-4-5-13(14(10-12)17-2)19-9-8-18-7-6-16/h4-5,10,15-16H,3,6-9,11H2,1-2H3. The van der Waals surface area contributed by atoms with E-state index in [0.717, 1.165) is 24.4 Å². The third-order valence-electron chi connectivity index (χ3n) is 2.53. The van der Waals surface area contributed by atoms with E-state index < -0.39 is 0 Å². The molecule has 0 aromatic heterocycles. The number of hydrogen-bond acceptors (Lipinski definition) is 5. The van der Waals surface area contributed by atoms with Crippen LogP contribution in [-0.2, 0) is 11.3 Å². The number of nitrogens with one attached hydrogen (secondary N) is 1. The molecule has 0 bridgehead atoms. The molecule has 0 aliphatic carbocycles. The second-order valence-corrected chi connectivity index (χ2v) is 3.95. The second-order valence-electron chi connectivity index (χ2n) is 3.95. The smallest absolute Gasteiger partial charge is 0.161 e. The van der Waals surface area contributed by atoms with E-state index in [0.29, 0.717) is 25.6 Å². The molecule has 0 unspecified atom stereocenters. The number of ether oxygens (including phenoxy) is 3. The topological polar surface area (TPSA) is 60.0 Å². The molecule has 108 valence electrons. The van der Waals surface area contributed by atoms with E-state index in [9.17, 15) is 0 Å². The van der Waals surface area contributed by atoms with Crippen LogP contribution in [0.3, 0.4) is 0 Å². The van der Waals surface area contributed by atoms with Crippen molar-refractivity contribution in [2.45, 2.75) is 13.5 Å². The minimum atomic E-state index is 0.0302. The van der Waals surface area contributed by atoms with Crippen molar-refractivity contribution in [3.63, 3.8) is 0 Å². The normalized spacial score (nSPS) is 10.5. The number of aliphatic hydroxyl groups is 1. The summed E-state index contributed by atoms with van der Waals surface area (Å²) in [5, 5.41) is 11.8. The molecule has 0 saturated carbocycles. The third-order valence-corrected chi connectivity index (χ3v) is 2.53. The molecule has 1 aromatic carbocycles. The lowest BCUT2D eigenvalue weighted by Gasteiger charge is -2.12. The van der Waals surface area contributed by atoms with Crippen molar-refractivity contribution in [3.8, 4) is 11.5 Å². The Morgan fingerprint density at radius 1 is 1.16 bits per heavy atom. The van der Waals surface area contributed by atoms with Crippen molar-refractivity contribution in [3.05, 3.63) is 23.8 Å². The van der Waals surface area contributed by atoms with Crippen LogP contribution >= 0.6 is 0 Å². The van der Waals surface area contributed by atoms with Crippen LogP contribution < -0.4 is 14.8 Å². The average Bonchev–Trinajstić information content (AvgIpc) is 2.45. The lowest BCUT2D eigenvalue weighted by molar-refractivity contribution is 0.0699. The van der Waals surface area contributed by atoms with Gasteiger partial charge in [-0.15, -0.1) is 0 Å². The van der Waals surface area contributed by atoms with E-state index in [1.165, 1.54) is 0 Å². The van der Waals surface area contributed by atoms with Crippen LogP contribution in [0.25, 0.3) is 0 Å². The summed E-state index contributed by atoms with van der Waals surface area (Å²) in [5.41, 5.74) is 1.16. The highest BCUT2D eigenvalue weighted by atomic mass is 16.5. The Morgan fingerprint density at radius 3 is 2.68 bits per heavy atom. The lowest BCUT2D eigenvalue weighted by atomic mass is 10.2. The number of hydrogen-bond donors (Lipinski definition) is 2. The summed E-state index contributed by atoms with van der Waals surface area (Å²) in [4.78, 5) is 0. The fourth-order valence-corrected chi connectivity index (χ4v) is 1.59. The summed E-state index contributed by atoms with van der Waals surface area (Å²) in [6.07, 6.45) is 0. The van der Waals surface area contributed by atoms with Crippen LogP contribution in [0.2, 0.25) is 0 Å². The molecule has 1 aromatic rings. The van der Waals surface area contributed by atoms with Crippen LogP contribution in [-0.4, -0.2) is 45.2 Å². The Bertz CT molecular complexity index is 357. The Kier molecular flexibility index (Phi) is 7.97. The highest BCUT2D eigenvalue weighted by Crippen LogP contribution is 2.27. The quantitative estimate of drug-likeness (QED) is 0.625.